The summed E-state index contributed by atoms with van der Waals surface area (Å²) in [5, 5.41) is 4.39. The van der Waals surface area contributed by atoms with E-state index >= 15 is 0 Å². The number of aromatic nitrogens is 3. The molecular weight excluding hydrogens is 404 g/mol. The molecule has 0 N–H and O–H groups in total. The topological polar surface area (TPSA) is 69.5 Å². The van der Waals surface area contributed by atoms with Gasteiger partial charge in [0.05, 0.1) is 19.0 Å². The standard InChI is InChI=1S/C25H24N4O3/c1-28(16-20-15-27-29(17-20)22-6-4-3-5-7-22)25(30)21-8-9-23(24(14-21)31-2)32-18-19-10-12-26-13-11-19/h3-15,17H,16,18H2,1-2H3. The van der Waals surface area contributed by atoms with Crippen molar-refractivity contribution in [2.75, 3.05) is 14.2 Å². The molecule has 32 heavy (non-hydrogen) atoms. The first kappa shape index (κ1) is 21.1. The number of rotatable bonds is 8. The first-order valence-corrected chi connectivity index (χ1v) is 10.2. The summed E-state index contributed by atoms with van der Waals surface area (Å²) in [5.41, 5.74) is 3.43. The van der Waals surface area contributed by atoms with E-state index in [9.17, 15) is 4.79 Å². The van der Waals surface area contributed by atoms with Crippen LogP contribution in [0.3, 0.4) is 0 Å². The van der Waals surface area contributed by atoms with E-state index in [4.69, 9.17) is 9.47 Å². The van der Waals surface area contributed by atoms with Crippen LogP contribution in [0.15, 0.2) is 85.5 Å². The van der Waals surface area contributed by atoms with E-state index in [1.807, 2.05) is 48.7 Å². The zero-order valence-corrected chi connectivity index (χ0v) is 18.0. The average molecular weight is 428 g/mol. The Hall–Kier alpha value is -4.13. The zero-order chi connectivity index (χ0) is 22.3. The molecule has 0 radical (unpaired) electrons. The number of hydrogen-bond donors (Lipinski definition) is 0. The number of pyridine rings is 1. The summed E-state index contributed by atoms with van der Waals surface area (Å²) < 4.78 is 13.1. The average Bonchev–Trinajstić information content (AvgIpc) is 3.31. The molecule has 0 spiro atoms. The minimum atomic E-state index is -0.114. The van der Waals surface area contributed by atoms with Crippen molar-refractivity contribution in [2.24, 2.45) is 0 Å². The lowest BCUT2D eigenvalue weighted by atomic mass is 10.1. The number of ether oxygens (including phenoxy) is 2. The normalized spacial score (nSPS) is 10.6. The molecule has 0 aliphatic heterocycles. The Morgan fingerprint density at radius 2 is 1.78 bits per heavy atom. The van der Waals surface area contributed by atoms with Crippen LogP contribution in [0, 0.1) is 0 Å². The fourth-order valence-electron chi connectivity index (χ4n) is 3.29. The van der Waals surface area contributed by atoms with Gasteiger partial charge in [-0.25, -0.2) is 4.68 Å². The van der Waals surface area contributed by atoms with Gasteiger partial charge in [0, 0.05) is 43.3 Å². The molecule has 2 aromatic carbocycles. The molecule has 4 aromatic rings. The number of amides is 1. The molecule has 2 heterocycles. The number of benzene rings is 2. The van der Waals surface area contributed by atoms with Gasteiger partial charge < -0.3 is 14.4 Å². The molecule has 7 heteroatoms. The fraction of sp³-hybridized carbons (Fsp3) is 0.160. The Morgan fingerprint density at radius 3 is 2.53 bits per heavy atom. The molecule has 4 rings (SSSR count). The number of carbonyl (C=O) groups excluding carboxylic acids is 1. The van der Waals surface area contributed by atoms with Crippen molar-refractivity contribution in [3.63, 3.8) is 0 Å². The number of para-hydroxylation sites is 1. The van der Waals surface area contributed by atoms with Crippen molar-refractivity contribution in [1.29, 1.82) is 0 Å². The minimum Gasteiger partial charge on any atom is -0.493 e. The summed E-state index contributed by atoms with van der Waals surface area (Å²) in [4.78, 5) is 18.6. The molecule has 162 valence electrons. The summed E-state index contributed by atoms with van der Waals surface area (Å²) in [7, 11) is 3.33. The van der Waals surface area contributed by atoms with Crippen LogP contribution in [0.4, 0.5) is 0 Å². The molecule has 0 bridgehead atoms. The molecule has 0 atom stereocenters. The Labute approximate surface area is 186 Å². The predicted molar refractivity (Wildman–Crippen MR) is 121 cm³/mol. The Morgan fingerprint density at radius 1 is 1.00 bits per heavy atom. The highest BCUT2D eigenvalue weighted by atomic mass is 16.5. The van der Waals surface area contributed by atoms with Crippen LogP contribution in [0.1, 0.15) is 21.5 Å². The molecule has 0 aliphatic carbocycles. The van der Waals surface area contributed by atoms with Gasteiger partial charge in [-0.2, -0.15) is 5.10 Å². The monoisotopic (exact) mass is 428 g/mol. The van der Waals surface area contributed by atoms with Gasteiger partial charge in [-0.15, -0.1) is 0 Å². The quantitative estimate of drug-likeness (QED) is 0.422. The van der Waals surface area contributed by atoms with Crippen LogP contribution in [0.25, 0.3) is 5.69 Å². The van der Waals surface area contributed by atoms with Crippen molar-refractivity contribution < 1.29 is 14.3 Å². The van der Waals surface area contributed by atoms with E-state index in [0.717, 1.165) is 16.8 Å². The summed E-state index contributed by atoms with van der Waals surface area (Å²) in [6, 6.07) is 18.8. The van der Waals surface area contributed by atoms with E-state index in [2.05, 4.69) is 10.1 Å². The molecule has 1 amide bonds. The molecule has 7 nitrogen and oxygen atoms in total. The lowest BCUT2D eigenvalue weighted by molar-refractivity contribution is 0.0784. The van der Waals surface area contributed by atoms with E-state index in [1.54, 1.807) is 60.5 Å². The lowest BCUT2D eigenvalue weighted by Gasteiger charge is -2.18. The van der Waals surface area contributed by atoms with Gasteiger partial charge in [0.2, 0.25) is 0 Å². The van der Waals surface area contributed by atoms with Crippen molar-refractivity contribution in [1.82, 2.24) is 19.7 Å². The summed E-state index contributed by atoms with van der Waals surface area (Å²) in [6.07, 6.45) is 7.14. The molecule has 0 aliphatic rings. The third-order valence-corrected chi connectivity index (χ3v) is 4.98. The van der Waals surface area contributed by atoms with Crippen LogP contribution < -0.4 is 9.47 Å². The number of carbonyl (C=O) groups is 1. The second kappa shape index (κ2) is 9.78. The van der Waals surface area contributed by atoms with Gasteiger partial charge in [0.25, 0.3) is 5.91 Å². The molecule has 0 unspecified atom stereocenters. The van der Waals surface area contributed by atoms with Crippen molar-refractivity contribution >= 4 is 5.91 Å². The third kappa shape index (κ3) is 4.95. The maximum atomic E-state index is 13.0. The Balaban J connectivity index is 1.42. The summed E-state index contributed by atoms with van der Waals surface area (Å²) >= 11 is 0. The largest absolute Gasteiger partial charge is 0.493 e. The zero-order valence-electron chi connectivity index (χ0n) is 18.0. The van der Waals surface area contributed by atoms with Crippen LogP contribution in [-0.2, 0) is 13.2 Å². The summed E-state index contributed by atoms with van der Waals surface area (Å²) in [6.45, 7) is 0.825. The number of nitrogens with zero attached hydrogens (tertiary/aromatic N) is 4. The molecule has 2 aromatic heterocycles. The highest BCUT2D eigenvalue weighted by Crippen LogP contribution is 2.29. The van der Waals surface area contributed by atoms with Crippen molar-refractivity contribution in [3.05, 3.63) is 102 Å². The number of methoxy groups -OCH3 is 1. The van der Waals surface area contributed by atoms with Crippen LogP contribution in [0.2, 0.25) is 0 Å². The molecule has 0 saturated carbocycles. The van der Waals surface area contributed by atoms with Gasteiger partial charge in [0.15, 0.2) is 11.5 Å². The maximum absolute atomic E-state index is 13.0. The maximum Gasteiger partial charge on any atom is 0.254 e. The smallest absolute Gasteiger partial charge is 0.254 e. The van der Waals surface area contributed by atoms with Crippen LogP contribution >= 0.6 is 0 Å². The highest BCUT2D eigenvalue weighted by molar-refractivity contribution is 5.94. The second-order valence-corrected chi connectivity index (χ2v) is 7.30. The van der Waals surface area contributed by atoms with E-state index in [0.29, 0.717) is 30.2 Å². The highest BCUT2D eigenvalue weighted by Gasteiger charge is 2.16. The molecule has 0 saturated heterocycles. The van der Waals surface area contributed by atoms with Gasteiger partial charge in [-0.3, -0.25) is 9.78 Å². The van der Waals surface area contributed by atoms with Crippen LogP contribution in [0.5, 0.6) is 11.5 Å². The second-order valence-electron chi connectivity index (χ2n) is 7.30. The SMILES string of the molecule is COc1cc(C(=O)N(C)Cc2cnn(-c3ccccc3)c2)ccc1OCc1ccncc1. The van der Waals surface area contributed by atoms with Gasteiger partial charge in [-0.05, 0) is 48.0 Å². The first-order chi connectivity index (χ1) is 15.6. The fourth-order valence-corrected chi connectivity index (χ4v) is 3.29. The predicted octanol–water partition coefficient (Wildman–Crippen LogP) is 4.13. The Kier molecular flexibility index (Phi) is 6.46. The van der Waals surface area contributed by atoms with E-state index in [-0.39, 0.29) is 5.91 Å². The van der Waals surface area contributed by atoms with Crippen LogP contribution in [-0.4, -0.2) is 39.7 Å². The van der Waals surface area contributed by atoms with E-state index < -0.39 is 0 Å². The van der Waals surface area contributed by atoms with E-state index in [1.165, 1.54) is 0 Å². The van der Waals surface area contributed by atoms with Gasteiger partial charge in [-0.1, -0.05) is 18.2 Å². The first-order valence-electron chi connectivity index (χ1n) is 10.2. The minimum absolute atomic E-state index is 0.114. The third-order valence-electron chi connectivity index (χ3n) is 4.98. The van der Waals surface area contributed by atoms with Gasteiger partial charge in [0.1, 0.15) is 6.61 Å². The summed E-state index contributed by atoms with van der Waals surface area (Å²) in [5.74, 6) is 0.972. The molecular formula is C25H24N4O3. The number of hydrogen-bond acceptors (Lipinski definition) is 5. The lowest BCUT2D eigenvalue weighted by Crippen LogP contribution is -2.26. The molecule has 0 fully saturated rings. The van der Waals surface area contributed by atoms with Crippen molar-refractivity contribution in [3.8, 4) is 17.2 Å². The van der Waals surface area contributed by atoms with Crippen molar-refractivity contribution in [2.45, 2.75) is 13.2 Å². The Bertz CT molecular complexity index is 1180. The van der Waals surface area contributed by atoms with Gasteiger partial charge >= 0.3 is 0 Å².